The molecule has 1 rings (SSSR count). The molecule has 3 nitrogen and oxygen atoms in total. The number of nitrogens with two attached hydrogens (primary N) is 1. The zero-order chi connectivity index (χ0) is 14.1. The van der Waals surface area contributed by atoms with Crippen LogP contribution in [0.25, 0.3) is 0 Å². The van der Waals surface area contributed by atoms with Crippen LogP contribution in [0.1, 0.15) is 19.4 Å². The van der Waals surface area contributed by atoms with E-state index in [9.17, 15) is 8.42 Å². The molecule has 1 aromatic carbocycles. The van der Waals surface area contributed by atoms with Gasteiger partial charge in [0.25, 0.3) is 0 Å². The number of benzene rings is 1. The van der Waals surface area contributed by atoms with Crippen LogP contribution in [0, 0.1) is 0 Å². The van der Waals surface area contributed by atoms with Gasteiger partial charge in [0.1, 0.15) is 0 Å². The van der Waals surface area contributed by atoms with Gasteiger partial charge in [0.15, 0.2) is 9.84 Å². The molecule has 0 saturated heterocycles. The van der Waals surface area contributed by atoms with Gasteiger partial charge in [-0.05, 0) is 31.9 Å². The summed E-state index contributed by atoms with van der Waals surface area (Å²) >= 11 is 12.0. The molecule has 2 N–H and O–H groups in total. The summed E-state index contributed by atoms with van der Waals surface area (Å²) < 4.78 is 22.4. The predicted octanol–water partition coefficient (Wildman–Crippen LogP) is 2.69. The Balaban J connectivity index is 3.02. The van der Waals surface area contributed by atoms with Crippen LogP contribution in [0.4, 0.5) is 0 Å². The zero-order valence-corrected chi connectivity index (χ0v) is 12.9. The maximum absolute atomic E-state index is 11.7. The highest BCUT2D eigenvalue weighted by Crippen LogP contribution is 2.29. The first kappa shape index (κ1) is 15.8. The first-order chi connectivity index (χ1) is 8.07. The molecule has 0 saturated carbocycles. The minimum absolute atomic E-state index is 0.361. The van der Waals surface area contributed by atoms with Crippen molar-refractivity contribution < 1.29 is 8.42 Å². The molecule has 102 valence electrons. The first-order valence-electron chi connectivity index (χ1n) is 5.45. The van der Waals surface area contributed by atoms with Gasteiger partial charge in [0.2, 0.25) is 0 Å². The highest BCUT2D eigenvalue weighted by atomic mass is 35.5. The van der Waals surface area contributed by atoms with Crippen molar-refractivity contribution in [2.24, 2.45) is 5.73 Å². The highest BCUT2D eigenvalue weighted by Gasteiger charge is 2.37. The fourth-order valence-corrected chi connectivity index (χ4v) is 2.49. The van der Waals surface area contributed by atoms with Crippen LogP contribution in [-0.2, 0) is 16.3 Å². The van der Waals surface area contributed by atoms with Crippen molar-refractivity contribution in [2.45, 2.75) is 31.1 Å². The smallest absolute Gasteiger partial charge is 0.154 e. The van der Waals surface area contributed by atoms with Crippen molar-refractivity contribution in [3.63, 3.8) is 0 Å². The Hall–Kier alpha value is -0.290. The summed E-state index contributed by atoms with van der Waals surface area (Å²) in [7, 11) is -3.25. The SMILES string of the molecule is CC(C)(C(N)Cc1cccc(Cl)c1Cl)S(C)(=O)=O. The number of sulfone groups is 1. The van der Waals surface area contributed by atoms with E-state index in [0.29, 0.717) is 16.5 Å². The molecule has 18 heavy (non-hydrogen) atoms. The molecule has 6 heteroatoms. The van der Waals surface area contributed by atoms with Crippen molar-refractivity contribution >= 4 is 33.0 Å². The van der Waals surface area contributed by atoms with Crippen molar-refractivity contribution in [2.75, 3.05) is 6.26 Å². The molecule has 0 bridgehead atoms. The van der Waals surface area contributed by atoms with E-state index in [1.54, 1.807) is 32.0 Å². The molecule has 0 aromatic heterocycles. The van der Waals surface area contributed by atoms with Crippen LogP contribution in [0.15, 0.2) is 18.2 Å². The Morgan fingerprint density at radius 3 is 2.39 bits per heavy atom. The van der Waals surface area contributed by atoms with Gasteiger partial charge in [0.05, 0.1) is 14.8 Å². The Bertz CT molecular complexity index is 541. The van der Waals surface area contributed by atoms with Gasteiger partial charge in [0, 0.05) is 12.3 Å². The molecule has 1 atom stereocenters. The largest absolute Gasteiger partial charge is 0.326 e. The van der Waals surface area contributed by atoms with E-state index in [1.807, 2.05) is 0 Å². The normalized spacial score (nSPS) is 14.6. The van der Waals surface area contributed by atoms with Gasteiger partial charge in [-0.1, -0.05) is 35.3 Å². The van der Waals surface area contributed by atoms with E-state index >= 15 is 0 Å². The van der Waals surface area contributed by atoms with Gasteiger partial charge < -0.3 is 5.73 Å². The summed E-state index contributed by atoms with van der Waals surface area (Å²) in [6.07, 6.45) is 1.55. The number of hydrogen-bond acceptors (Lipinski definition) is 3. The van der Waals surface area contributed by atoms with Crippen molar-refractivity contribution in [1.29, 1.82) is 0 Å². The maximum Gasteiger partial charge on any atom is 0.154 e. The average Bonchev–Trinajstić information content (AvgIpc) is 2.23. The monoisotopic (exact) mass is 309 g/mol. The van der Waals surface area contributed by atoms with Crippen LogP contribution in [-0.4, -0.2) is 25.5 Å². The second-order valence-corrected chi connectivity index (χ2v) is 8.28. The summed E-state index contributed by atoms with van der Waals surface area (Å²) in [6.45, 7) is 3.23. The fourth-order valence-electron chi connectivity index (χ4n) is 1.46. The summed E-state index contributed by atoms with van der Waals surface area (Å²) in [5.41, 5.74) is 6.77. The van der Waals surface area contributed by atoms with Crippen molar-refractivity contribution in [1.82, 2.24) is 0 Å². The Morgan fingerprint density at radius 1 is 1.33 bits per heavy atom. The number of hydrogen-bond donors (Lipinski definition) is 1. The molecular weight excluding hydrogens is 293 g/mol. The van der Waals surface area contributed by atoms with E-state index in [1.165, 1.54) is 6.26 Å². The lowest BCUT2D eigenvalue weighted by Crippen LogP contribution is -2.50. The van der Waals surface area contributed by atoms with E-state index in [2.05, 4.69) is 0 Å². The third-order valence-electron chi connectivity index (χ3n) is 3.32. The molecule has 0 heterocycles. The van der Waals surface area contributed by atoms with E-state index < -0.39 is 20.6 Å². The summed E-state index contributed by atoms with van der Waals surface area (Å²) in [5, 5.41) is 0.873. The predicted molar refractivity (Wildman–Crippen MR) is 77.1 cm³/mol. The third-order valence-corrected chi connectivity index (χ3v) is 6.39. The fraction of sp³-hybridized carbons (Fsp3) is 0.500. The molecule has 0 radical (unpaired) electrons. The second kappa shape index (κ2) is 5.37. The lowest BCUT2D eigenvalue weighted by molar-refractivity contribution is 0.482. The molecular formula is C12H17Cl2NO2S. The van der Waals surface area contributed by atoms with E-state index in [4.69, 9.17) is 28.9 Å². The minimum Gasteiger partial charge on any atom is -0.326 e. The van der Waals surface area contributed by atoms with Gasteiger partial charge in [-0.3, -0.25) is 0 Å². The lowest BCUT2D eigenvalue weighted by Gasteiger charge is -2.30. The van der Waals surface area contributed by atoms with Crippen molar-refractivity contribution in [3.8, 4) is 0 Å². The average molecular weight is 310 g/mol. The van der Waals surface area contributed by atoms with Crippen LogP contribution in [0.5, 0.6) is 0 Å². The highest BCUT2D eigenvalue weighted by molar-refractivity contribution is 7.92. The van der Waals surface area contributed by atoms with Crippen molar-refractivity contribution in [3.05, 3.63) is 33.8 Å². The molecule has 0 fully saturated rings. The van der Waals surface area contributed by atoms with Crippen LogP contribution in [0.3, 0.4) is 0 Å². The van der Waals surface area contributed by atoms with Crippen LogP contribution >= 0.6 is 23.2 Å². The van der Waals surface area contributed by atoms with E-state index in [-0.39, 0.29) is 0 Å². The molecule has 0 spiro atoms. The van der Waals surface area contributed by atoms with Crippen LogP contribution < -0.4 is 5.73 Å². The molecule has 0 aliphatic rings. The minimum atomic E-state index is -3.25. The quantitative estimate of drug-likeness (QED) is 0.930. The Morgan fingerprint density at radius 2 is 1.89 bits per heavy atom. The first-order valence-corrected chi connectivity index (χ1v) is 8.10. The molecule has 1 aromatic rings. The van der Waals surface area contributed by atoms with Gasteiger partial charge in [-0.25, -0.2) is 8.42 Å². The van der Waals surface area contributed by atoms with Crippen LogP contribution in [0.2, 0.25) is 10.0 Å². The second-order valence-electron chi connectivity index (χ2n) is 4.90. The molecule has 1 unspecified atom stereocenters. The van der Waals surface area contributed by atoms with E-state index in [0.717, 1.165) is 5.56 Å². The topological polar surface area (TPSA) is 60.2 Å². The summed E-state index contributed by atoms with van der Waals surface area (Å²) in [5.74, 6) is 0. The standard InChI is InChI=1S/C12H17Cl2NO2S/c1-12(2,18(3,16)17)10(15)7-8-5-4-6-9(13)11(8)14/h4-6,10H,7,15H2,1-3H3. The Kier molecular flexibility index (Phi) is 4.70. The molecule has 0 aliphatic carbocycles. The molecule has 0 aliphatic heterocycles. The summed E-state index contributed by atoms with van der Waals surface area (Å²) in [4.78, 5) is 0. The van der Waals surface area contributed by atoms with Gasteiger partial charge >= 0.3 is 0 Å². The Labute approximate surface area is 118 Å². The number of halogens is 2. The van der Waals surface area contributed by atoms with Gasteiger partial charge in [-0.2, -0.15) is 0 Å². The van der Waals surface area contributed by atoms with Gasteiger partial charge in [-0.15, -0.1) is 0 Å². The number of rotatable bonds is 4. The third kappa shape index (κ3) is 3.18. The zero-order valence-electron chi connectivity index (χ0n) is 10.6. The summed E-state index contributed by atoms with van der Waals surface area (Å²) in [6, 6.07) is 4.69. The maximum atomic E-state index is 11.7. The lowest BCUT2D eigenvalue weighted by atomic mass is 9.96. The molecule has 0 amide bonds.